The molecule has 0 bridgehead atoms. The van der Waals surface area contributed by atoms with Gasteiger partial charge in [-0.2, -0.15) is 18.2 Å². The van der Waals surface area contributed by atoms with Gasteiger partial charge in [-0.05, 0) is 37.3 Å². The van der Waals surface area contributed by atoms with E-state index in [2.05, 4.69) is 34.2 Å². The molecule has 3 heterocycles. The Morgan fingerprint density at radius 3 is 2.62 bits per heavy atom. The van der Waals surface area contributed by atoms with Crippen molar-refractivity contribution in [3.8, 4) is 11.3 Å². The van der Waals surface area contributed by atoms with Gasteiger partial charge in [-0.3, -0.25) is 0 Å². The molecule has 2 aliphatic rings. The van der Waals surface area contributed by atoms with Gasteiger partial charge in [-0.15, -0.1) is 0 Å². The molecule has 2 amide bonds. The molecule has 39 heavy (non-hydrogen) atoms. The van der Waals surface area contributed by atoms with Crippen molar-refractivity contribution in [1.29, 1.82) is 0 Å². The van der Waals surface area contributed by atoms with E-state index in [4.69, 9.17) is 9.51 Å². The quantitative estimate of drug-likeness (QED) is 0.420. The van der Waals surface area contributed by atoms with Crippen molar-refractivity contribution < 1.29 is 22.5 Å². The summed E-state index contributed by atoms with van der Waals surface area (Å²) in [6, 6.07) is 5.25. The zero-order chi connectivity index (χ0) is 27.6. The van der Waals surface area contributed by atoms with Crippen LogP contribution >= 0.6 is 0 Å². The number of rotatable bonds is 5. The normalized spacial score (nSPS) is 17.6. The lowest BCUT2D eigenvalue weighted by atomic mass is 9.96. The Kier molecular flexibility index (Phi) is 7.95. The van der Waals surface area contributed by atoms with Crippen LogP contribution in [0.5, 0.6) is 0 Å². The average molecular weight is 545 g/mol. The standard InChI is InChI=1S/C28H35F3N6O2/c1-18(2)16-22-33-25(36-12-7-13-37(15-14-36)27(38)32-21-10-4-3-5-11-21)23-24(35-39-26(23)34-22)19-8-6-9-20(17-19)28(29,30)31/h6,8-9,17-18,21H,3-5,7,10-16H2,1-2H3,(H,32,38). The largest absolute Gasteiger partial charge is 0.416 e. The van der Waals surface area contributed by atoms with Crippen LogP contribution < -0.4 is 10.2 Å². The van der Waals surface area contributed by atoms with Gasteiger partial charge in [-0.25, -0.2) is 9.78 Å². The van der Waals surface area contributed by atoms with Crippen molar-refractivity contribution in [2.24, 2.45) is 5.92 Å². The number of aromatic nitrogens is 3. The number of carbonyl (C=O) groups excluding carboxylic acids is 1. The lowest BCUT2D eigenvalue weighted by Crippen LogP contribution is -2.46. The number of anilines is 1. The molecule has 11 heteroatoms. The number of nitrogens with zero attached hydrogens (tertiary/aromatic N) is 5. The SMILES string of the molecule is CC(C)Cc1nc(N2CCCN(C(=O)NC3CCCCC3)CC2)c2c(-c3cccc(C(F)(F)F)c3)noc2n1. The number of halogens is 3. The van der Waals surface area contributed by atoms with Gasteiger partial charge in [0.05, 0.1) is 5.56 Å². The number of amides is 2. The Balaban J connectivity index is 1.46. The van der Waals surface area contributed by atoms with Gasteiger partial charge in [0.25, 0.3) is 5.71 Å². The van der Waals surface area contributed by atoms with Gasteiger partial charge in [0, 0.05) is 44.2 Å². The van der Waals surface area contributed by atoms with Crippen molar-refractivity contribution in [2.75, 3.05) is 31.1 Å². The van der Waals surface area contributed by atoms with Crippen LogP contribution in [0, 0.1) is 5.92 Å². The molecule has 1 aliphatic heterocycles. The fourth-order valence-corrected chi connectivity index (χ4v) is 5.45. The highest BCUT2D eigenvalue weighted by Crippen LogP contribution is 2.37. The van der Waals surface area contributed by atoms with E-state index in [1.807, 2.05) is 4.90 Å². The lowest BCUT2D eigenvalue weighted by Gasteiger charge is -2.28. The van der Waals surface area contributed by atoms with E-state index in [-0.39, 0.29) is 29.0 Å². The van der Waals surface area contributed by atoms with Crippen LogP contribution in [0.15, 0.2) is 28.8 Å². The number of benzene rings is 1. The topological polar surface area (TPSA) is 87.4 Å². The molecular weight excluding hydrogens is 509 g/mol. The fraction of sp³-hybridized carbons (Fsp3) is 0.571. The Morgan fingerprint density at radius 2 is 1.87 bits per heavy atom. The molecule has 1 aliphatic carbocycles. The van der Waals surface area contributed by atoms with Crippen LogP contribution in [0.25, 0.3) is 22.4 Å². The molecule has 1 saturated heterocycles. The predicted octanol–water partition coefficient (Wildman–Crippen LogP) is 6.06. The van der Waals surface area contributed by atoms with Crippen molar-refractivity contribution in [1.82, 2.24) is 25.3 Å². The van der Waals surface area contributed by atoms with Crippen molar-refractivity contribution in [3.05, 3.63) is 35.7 Å². The second kappa shape index (κ2) is 11.4. The number of nitrogens with one attached hydrogen (secondary N) is 1. The molecule has 1 aromatic carbocycles. The minimum atomic E-state index is -4.48. The third-order valence-electron chi connectivity index (χ3n) is 7.43. The van der Waals surface area contributed by atoms with Gasteiger partial charge >= 0.3 is 12.2 Å². The third-order valence-corrected chi connectivity index (χ3v) is 7.43. The molecule has 2 aromatic heterocycles. The number of hydrogen-bond acceptors (Lipinski definition) is 6. The van der Waals surface area contributed by atoms with Crippen LogP contribution in [0.1, 0.15) is 63.8 Å². The van der Waals surface area contributed by atoms with E-state index >= 15 is 0 Å². The monoisotopic (exact) mass is 544 g/mol. The van der Waals surface area contributed by atoms with E-state index in [9.17, 15) is 18.0 Å². The first-order valence-electron chi connectivity index (χ1n) is 13.8. The molecule has 0 atom stereocenters. The molecule has 0 unspecified atom stereocenters. The van der Waals surface area contributed by atoms with Crippen molar-refractivity contribution in [2.45, 2.75) is 71.0 Å². The summed E-state index contributed by atoms with van der Waals surface area (Å²) in [4.78, 5) is 26.4. The molecule has 0 spiro atoms. The van der Waals surface area contributed by atoms with Gasteiger partial charge in [-0.1, -0.05) is 50.4 Å². The molecule has 1 N–H and O–H groups in total. The number of urea groups is 1. The highest BCUT2D eigenvalue weighted by molar-refractivity contribution is 5.98. The van der Waals surface area contributed by atoms with Gasteiger partial charge in [0.1, 0.15) is 22.7 Å². The van der Waals surface area contributed by atoms with Gasteiger partial charge < -0.3 is 19.6 Å². The highest BCUT2D eigenvalue weighted by atomic mass is 19.4. The molecular formula is C28H35F3N6O2. The maximum absolute atomic E-state index is 13.4. The maximum atomic E-state index is 13.4. The van der Waals surface area contributed by atoms with Crippen molar-refractivity contribution >= 4 is 22.9 Å². The zero-order valence-electron chi connectivity index (χ0n) is 22.4. The Morgan fingerprint density at radius 1 is 1.08 bits per heavy atom. The number of alkyl halides is 3. The Bertz CT molecular complexity index is 1300. The summed E-state index contributed by atoms with van der Waals surface area (Å²) < 4.78 is 45.9. The Labute approximate surface area is 225 Å². The molecule has 210 valence electrons. The van der Waals surface area contributed by atoms with E-state index < -0.39 is 11.7 Å². The third kappa shape index (κ3) is 6.28. The van der Waals surface area contributed by atoms with E-state index in [0.717, 1.165) is 44.2 Å². The molecule has 2 fully saturated rings. The smallest absolute Gasteiger partial charge is 0.354 e. The second-order valence-electron chi connectivity index (χ2n) is 11.0. The minimum Gasteiger partial charge on any atom is -0.354 e. The summed E-state index contributed by atoms with van der Waals surface area (Å²) in [5.41, 5.74) is 0.0512. The zero-order valence-corrected chi connectivity index (χ0v) is 22.4. The maximum Gasteiger partial charge on any atom is 0.416 e. The summed E-state index contributed by atoms with van der Waals surface area (Å²) in [6.45, 7) is 6.42. The van der Waals surface area contributed by atoms with Crippen LogP contribution in [-0.2, 0) is 12.6 Å². The summed E-state index contributed by atoms with van der Waals surface area (Å²) >= 11 is 0. The molecule has 5 rings (SSSR count). The second-order valence-corrected chi connectivity index (χ2v) is 11.0. The lowest BCUT2D eigenvalue weighted by molar-refractivity contribution is -0.137. The van der Waals surface area contributed by atoms with Crippen LogP contribution in [0.4, 0.5) is 23.8 Å². The van der Waals surface area contributed by atoms with Crippen LogP contribution in [0.2, 0.25) is 0 Å². The number of fused-ring (bicyclic) bond motifs is 1. The molecule has 8 nitrogen and oxygen atoms in total. The average Bonchev–Trinajstić information content (AvgIpc) is 3.16. The fourth-order valence-electron chi connectivity index (χ4n) is 5.45. The predicted molar refractivity (Wildman–Crippen MR) is 142 cm³/mol. The van der Waals surface area contributed by atoms with Crippen LogP contribution in [0.3, 0.4) is 0 Å². The van der Waals surface area contributed by atoms with Crippen molar-refractivity contribution in [3.63, 3.8) is 0 Å². The number of hydrogen-bond donors (Lipinski definition) is 1. The van der Waals surface area contributed by atoms with Gasteiger partial charge in [0.15, 0.2) is 0 Å². The first-order chi connectivity index (χ1) is 18.7. The first kappa shape index (κ1) is 27.2. The van der Waals surface area contributed by atoms with E-state index in [0.29, 0.717) is 55.5 Å². The molecule has 3 aromatic rings. The highest BCUT2D eigenvalue weighted by Gasteiger charge is 2.32. The van der Waals surface area contributed by atoms with Crippen LogP contribution in [-0.4, -0.2) is 58.3 Å². The Hall–Kier alpha value is -3.37. The molecule has 1 saturated carbocycles. The first-order valence-corrected chi connectivity index (χ1v) is 13.8. The summed E-state index contributed by atoms with van der Waals surface area (Å²) in [7, 11) is 0. The minimum absolute atomic E-state index is 0.0355. The van der Waals surface area contributed by atoms with Gasteiger partial charge in [0.2, 0.25) is 0 Å². The summed E-state index contributed by atoms with van der Waals surface area (Å²) in [5, 5.41) is 7.84. The van der Waals surface area contributed by atoms with E-state index in [1.54, 1.807) is 6.07 Å². The molecule has 0 radical (unpaired) electrons. The summed E-state index contributed by atoms with van der Waals surface area (Å²) in [5.74, 6) is 1.47. The summed E-state index contributed by atoms with van der Waals surface area (Å²) in [6.07, 6.45) is 2.43. The van der Waals surface area contributed by atoms with E-state index in [1.165, 1.54) is 12.5 Å². The number of carbonyl (C=O) groups is 1.